The number of halogens is 1. The molecule has 0 atom stereocenters. The molecule has 1 aliphatic heterocycles. The van der Waals surface area contributed by atoms with Crippen LogP contribution >= 0.6 is 11.3 Å². The van der Waals surface area contributed by atoms with Crippen molar-refractivity contribution in [2.45, 2.75) is 13.8 Å². The first-order valence-corrected chi connectivity index (χ1v) is 9.49. The highest BCUT2D eigenvalue weighted by Crippen LogP contribution is 2.22. The van der Waals surface area contributed by atoms with Crippen molar-refractivity contribution in [1.29, 1.82) is 0 Å². The van der Waals surface area contributed by atoms with Gasteiger partial charge in [-0.25, -0.2) is 4.39 Å². The molecule has 5 nitrogen and oxygen atoms in total. The zero-order valence-corrected chi connectivity index (χ0v) is 15.8. The number of carbonyl (C=O) groups is 2. The number of rotatable bonds is 4. The van der Waals surface area contributed by atoms with E-state index >= 15 is 0 Å². The van der Waals surface area contributed by atoms with E-state index in [1.165, 1.54) is 12.1 Å². The molecule has 0 bridgehead atoms. The summed E-state index contributed by atoms with van der Waals surface area (Å²) in [5.41, 5.74) is 1.39. The van der Waals surface area contributed by atoms with E-state index in [1.54, 1.807) is 23.5 Å². The zero-order valence-electron chi connectivity index (χ0n) is 15.0. The Labute approximate surface area is 156 Å². The van der Waals surface area contributed by atoms with Crippen molar-refractivity contribution in [3.8, 4) is 0 Å². The topological polar surface area (TPSA) is 53.9 Å². The summed E-state index contributed by atoms with van der Waals surface area (Å²) in [6, 6.07) is 7.69. The Morgan fingerprint density at radius 3 is 2.42 bits per heavy atom. The number of thiophene rings is 1. The van der Waals surface area contributed by atoms with Crippen molar-refractivity contribution < 1.29 is 18.9 Å². The third kappa shape index (κ3) is 4.47. The minimum atomic E-state index is -0.328. The molecule has 26 heavy (non-hydrogen) atoms. The van der Waals surface area contributed by atoms with Gasteiger partial charge in [0.05, 0.1) is 31.7 Å². The molecular weight excluding hydrogens is 353 g/mol. The standard InChI is InChI=1S/C19H22FN3O2S/c1-13-11-17(14(2)26-13)19(25)23-9-7-22(8-10-23)12-18(24)21-16-5-3-15(20)4-6-16/h3-6,11H,7-10,12H2,1-2H3,(H,21,24)/p+1. The summed E-state index contributed by atoms with van der Waals surface area (Å²) in [5.74, 6) is -0.345. The van der Waals surface area contributed by atoms with Gasteiger partial charge in [-0.3, -0.25) is 9.59 Å². The first kappa shape index (κ1) is 18.5. The molecule has 1 aliphatic rings. The maximum atomic E-state index is 12.9. The van der Waals surface area contributed by atoms with Crippen molar-refractivity contribution in [2.24, 2.45) is 0 Å². The smallest absolute Gasteiger partial charge is 0.279 e. The van der Waals surface area contributed by atoms with Crippen molar-refractivity contribution in [2.75, 3.05) is 38.0 Å². The van der Waals surface area contributed by atoms with Gasteiger partial charge in [-0.05, 0) is 44.2 Å². The monoisotopic (exact) mass is 376 g/mol. The first-order valence-electron chi connectivity index (χ1n) is 8.67. The molecule has 1 fully saturated rings. The Morgan fingerprint density at radius 2 is 1.85 bits per heavy atom. The van der Waals surface area contributed by atoms with E-state index in [9.17, 15) is 14.0 Å². The molecule has 7 heteroatoms. The predicted octanol–water partition coefficient (Wildman–Crippen LogP) is 1.48. The summed E-state index contributed by atoms with van der Waals surface area (Å²) in [7, 11) is 0. The average molecular weight is 376 g/mol. The minimum absolute atomic E-state index is 0.0849. The van der Waals surface area contributed by atoms with Gasteiger partial charge in [-0.15, -0.1) is 11.3 Å². The molecule has 2 heterocycles. The van der Waals surface area contributed by atoms with Crippen LogP contribution in [0.25, 0.3) is 0 Å². The van der Waals surface area contributed by atoms with Gasteiger partial charge in [-0.2, -0.15) is 0 Å². The molecule has 1 saturated heterocycles. The Kier molecular flexibility index (Phi) is 5.68. The van der Waals surface area contributed by atoms with Crippen LogP contribution in [0.5, 0.6) is 0 Å². The van der Waals surface area contributed by atoms with Crippen LogP contribution in [-0.2, 0) is 4.79 Å². The molecular formula is C19H23FN3O2S+. The SMILES string of the molecule is Cc1cc(C(=O)N2CC[NH+](CC(=O)Nc3ccc(F)cc3)CC2)c(C)s1. The number of anilines is 1. The number of nitrogens with one attached hydrogen (secondary N) is 2. The van der Waals surface area contributed by atoms with Gasteiger partial charge in [0.1, 0.15) is 5.82 Å². The third-order valence-electron chi connectivity index (χ3n) is 4.57. The number of hydrogen-bond acceptors (Lipinski definition) is 3. The molecule has 0 unspecified atom stereocenters. The molecule has 1 aromatic heterocycles. The summed E-state index contributed by atoms with van der Waals surface area (Å²) >= 11 is 1.64. The Balaban J connectivity index is 1.49. The number of hydrogen-bond donors (Lipinski definition) is 2. The van der Waals surface area contributed by atoms with Crippen molar-refractivity contribution in [3.05, 3.63) is 51.5 Å². The molecule has 0 saturated carbocycles. The van der Waals surface area contributed by atoms with Gasteiger partial charge in [0.15, 0.2) is 6.54 Å². The van der Waals surface area contributed by atoms with Crippen LogP contribution in [0.2, 0.25) is 0 Å². The lowest BCUT2D eigenvalue weighted by molar-refractivity contribution is -0.895. The van der Waals surface area contributed by atoms with Crippen LogP contribution in [0.1, 0.15) is 20.1 Å². The minimum Gasteiger partial charge on any atom is -0.327 e. The van der Waals surface area contributed by atoms with Gasteiger partial charge >= 0.3 is 0 Å². The van der Waals surface area contributed by atoms with Crippen molar-refractivity contribution >= 4 is 28.8 Å². The van der Waals surface area contributed by atoms with Crippen LogP contribution in [0.15, 0.2) is 30.3 Å². The van der Waals surface area contributed by atoms with Crippen LogP contribution in [0, 0.1) is 19.7 Å². The molecule has 2 N–H and O–H groups in total. The van der Waals surface area contributed by atoms with E-state index in [2.05, 4.69) is 5.32 Å². The van der Waals surface area contributed by atoms with Gasteiger partial charge in [0.25, 0.3) is 11.8 Å². The molecule has 2 amide bonds. The van der Waals surface area contributed by atoms with E-state index < -0.39 is 0 Å². The van der Waals surface area contributed by atoms with E-state index in [0.717, 1.165) is 33.3 Å². The number of aryl methyl sites for hydroxylation is 2. The predicted molar refractivity (Wildman–Crippen MR) is 100 cm³/mol. The van der Waals surface area contributed by atoms with Gasteiger partial charge < -0.3 is 15.1 Å². The van der Waals surface area contributed by atoms with Crippen molar-refractivity contribution in [3.63, 3.8) is 0 Å². The number of carbonyl (C=O) groups excluding carboxylic acids is 2. The molecule has 3 rings (SSSR count). The Hall–Kier alpha value is -2.25. The normalized spacial score (nSPS) is 15.1. The van der Waals surface area contributed by atoms with Gasteiger partial charge in [-0.1, -0.05) is 0 Å². The molecule has 1 aromatic carbocycles. The van der Waals surface area contributed by atoms with Crippen LogP contribution < -0.4 is 10.2 Å². The highest BCUT2D eigenvalue weighted by Gasteiger charge is 2.27. The summed E-state index contributed by atoms with van der Waals surface area (Å²) < 4.78 is 12.9. The Bertz CT molecular complexity index is 796. The summed E-state index contributed by atoms with van der Waals surface area (Å²) in [6.45, 7) is 7.10. The lowest BCUT2D eigenvalue weighted by atomic mass is 10.2. The van der Waals surface area contributed by atoms with E-state index in [-0.39, 0.29) is 17.6 Å². The fourth-order valence-electron chi connectivity index (χ4n) is 3.18. The number of amides is 2. The summed E-state index contributed by atoms with van der Waals surface area (Å²) in [5, 5.41) is 2.78. The number of benzene rings is 1. The molecule has 0 spiro atoms. The maximum Gasteiger partial charge on any atom is 0.279 e. The first-order chi connectivity index (χ1) is 12.4. The zero-order chi connectivity index (χ0) is 18.7. The third-order valence-corrected chi connectivity index (χ3v) is 5.53. The van der Waals surface area contributed by atoms with Gasteiger partial charge in [0, 0.05) is 15.4 Å². The van der Waals surface area contributed by atoms with Crippen LogP contribution in [0.3, 0.4) is 0 Å². The van der Waals surface area contributed by atoms with E-state index in [1.807, 2.05) is 24.8 Å². The fraction of sp³-hybridized carbons (Fsp3) is 0.368. The average Bonchev–Trinajstić information content (AvgIpc) is 2.95. The van der Waals surface area contributed by atoms with Crippen LogP contribution in [0.4, 0.5) is 10.1 Å². The molecule has 138 valence electrons. The fourth-order valence-corrected chi connectivity index (χ4v) is 4.10. The molecule has 2 aromatic rings. The second-order valence-corrected chi connectivity index (χ2v) is 8.06. The summed E-state index contributed by atoms with van der Waals surface area (Å²) in [6.07, 6.45) is 0. The molecule has 0 aliphatic carbocycles. The number of nitrogens with zero attached hydrogens (tertiary/aromatic N) is 1. The Morgan fingerprint density at radius 1 is 1.19 bits per heavy atom. The lowest BCUT2D eigenvalue weighted by Crippen LogP contribution is -3.15. The highest BCUT2D eigenvalue weighted by atomic mass is 32.1. The molecule has 0 radical (unpaired) electrons. The maximum absolute atomic E-state index is 12.9. The largest absolute Gasteiger partial charge is 0.327 e. The van der Waals surface area contributed by atoms with E-state index in [0.29, 0.717) is 25.3 Å². The van der Waals surface area contributed by atoms with E-state index in [4.69, 9.17) is 0 Å². The second kappa shape index (κ2) is 7.97. The lowest BCUT2D eigenvalue weighted by Gasteiger charge is -2.31. The number of quaternary nitrogens is 1. The highest BCUT2D eigenvalue weighted by molar-refractivity contribution is 7.12. The number of piperazine rings is 1. The quantitative estimate of drug-likeness (QED) is 0.849. The summed E-state index contributed by atoms with van der Waals surface area (Å²) in [4.78, 5) is 30.0. The second-order valence-electron chi connectivity index (χ2n) is 6.60. The van der Waals surface area contributed by atoms with Gasteiger partial charge in [0.2, 0.25) is 0 Å². The van der Waals surface area contributed by atoms with Crippen LogP contribution in [-0.4, -0.2) is 49.4 Å². The van der Waals surface area contributed by atoms with Crippen molar-refractivity contribution in [1.82, 2.24) is 4.90 Å².